The molecular weight excluding hydrogens is 542 g/mol. The zero-order valence-corrected chi connectivity index (χ0v) is 23.7. The molecule has 0 radical (unpaired) electrons. The third-order valence-electron chi connectivity index (χ3n) is 6.93. The molecule has 40 heavy (non-hydrogen) atoms. The van der Waals surface area contributed by atoms with E-state index in [4.69, 9.17) is 9.73 Å². The highest BCUT2D eigenvalue weighted by atomic mass is 32.2. The number of benzene rings is 3. The third kappa shape index (κ3) is 4.31. The maximum atomic E-state index is 14.3. The van der Waals surface area contributed by atoms with Gasteiger partial charge in [-0.25, -0.2) is 9.79 Å². The van der Waals surface area contributed by atoms with Crippen molar-refractivity contribution in [3.05, 3.63) is 120 Å². The number of carbonyl (C=O) groups is 2. The second kappa shape index (κ2) is 10.4. The number of aryl methyl sites for hydroxylation is 1. The van der Waals surface area contributed by atoms with Gasteiger partial charge in [0.1, 0.15) is 4.53 Å². The van der Waals surface area contributed by atoms with Crippen molar-refractivity contribution in [3.8, 4) is 0 Å². The number of amides is 1. The first kappa shape index (κ1) is 26.0. The van der Waals surface area contributed by atoms with E-state index in [2.05, 4.69) is 5.32 Å². The molecule has 9 heteroatoms. The molecule has 0 saturated heterocycles. The van der Waals surface area contributed by atoms with E-state index >= 15 is 0 Å². The Hall–Kier alpha value is -4.21. The second-order valence-corrected chi connectivity index (χ2v) is 11.3. The average Bonchev–Trinajstić information content (AvgIpc) is 3.47. The van der Waals surface area contributed by atoms with Crippen LogP contribution in [0.1, 0.15) is 35.2 Å². The smallest absolute Gasteiger partial charge is 0.338 e. The van der Waals surface area contributed by atoms with Gasteiger partial charge >= 0.3 is 5.97 Å². The van der Waals surface area contributed by atoms with E-state index < -0.39 is 12.0 Å². The Kier molecular flexibility index (Phi) is 6.77. The maximum absolute atomic E-state index is 14.3. The fraction of sp³-hybridized carbons (Fsp3) is 0.161. The first-order valence-corrected chi connectivity index (χ1v) is 14.8. The molecule has 2 aliphatic heterocycles. The van der Waals surface area contributed by atoms with Gasteiger partial charge in [-0.15, -0.1) is 11.8 Å². The zero-order chi connectivity index (χ0) is 28.0. The normalized spacial score (nSPS) is 17.2. The summed E-state index contributed by atoms with van der Waals surface area (Å²) in [6, 6.07) is 22.1. The van der Waals surface area contributed by atoms with Gasteiger partial charge in [0.25, 0.3) is 11.5 Å². The summed E-state index contributed by atoms with van der Waals surface area (Å²) in [5.74, 6) is -0.874. The standard InChI is InChI=1S/C31H25N3O4S2/c1-4-38-30(37)24-25(18-8-6-5-7-9-18)33-31-34(26(24)19-11-13-20(39-3)14-12-19)29(36)27(40-31)23-21-16-17(2)10-15-22(21)32-28(23)35/h5-16,26H,4H2,1-3H3,(H,32,35)/b27-23-/t26-/m1/s1. The summed E-state index contributed by atoms with van der Waals surface area (Å²) in [5, 5.41) is 2.88. The highest BCUT2D eigenvalue weighted by molar-refractivity contribution is 7.98. The molecule has 0 fully saturated rings. The molecule has 3 heterocycles. The zero-order valence-electron chi connectivity index (χ0n) is 22.1. The minimum atomic E-state index is -0.794. The number of rotatable bonds is 5. The Labute approximate surface area is 238 Å². The van der Waals surface area contributed by atoms with Gasteiger partial charge in [0, 0.05) is 21.7 Å². The molecule has 3 aromatic carbocycles. The van der Waals surface area contributed by atoms with Gasteiger partial charge in [0.15, 0.2) is 4.80 Å². The van der Waals surface area contributed by atoms with Crippen LogP contribution in [0.5, 0.6) is 0 Å². The largest absolute Gasteiger partial charge is 0.463 e. The summed E-state index contributed by atoms with van der Waals surface area (Å²) >= 11 is 2.76. The number of fused-ring (bicyclic) bond motifs is 2. The van der Waals surface area contributed by atoms with Crippen LogP contribution in [-0.2, 0) is 14.3 Å². The molecule has 4 aromatic rings. The van der Waals surface area contributed by atoms with E-state index in [1.54, 1.807) is 18.7 Å². The van der Waals surface area contributed by atoms with Crippen LogP contribution in [0.15, 0.2) is 93.1 Å². The van der Waals surface area contributed by atoms with E-state index in [0.717, 1.165) is 32.9 Å². The van der Waals surface area contributed by atoms with Crippen LogP contribution in [0.3, 0.4) is 0 Å². The predicted molar refractivity (Wildman–Crippen MR) is 158 cm³/mol. The lowest BCUT2D eigenvalue weighted by Crippen LogP contribution is -2.40. The van der Waals surface area contributed by atoms with Crippen molar-refractivity contribution in [2.45, 2.75) is 24.8 Å². The fourth-order valence-electron chi connectivity index (χ4n) is 5.10. The molecule has 1 amide bonds. The van der Waals surface area contributed by atoms with Crippen molar-refractivity contribution >= 4 is 51.9 Å². The Bertz CT molecular complexity index is 1890. The van der Waals surface area contributed by atoms with Crippen LogP contribution in [0, 0.1) is 6.92 Å². The third-order valence-corrected chi connectivity index (χ3v) is 8.72. The lowest BCUT2D eigenvalue weighted by molar-refractivity contribution is -0.138. The molecule has 7 nitrogen and oxygen atoms in total. The SMILES string of the molecule is CCOC(=O)C1=C(c2ccccc2)N=c2s/c(=C3\C(=O)Nc4ccc(C)cc43)c(=O)n2[C@@H]1c1ccc(SC)cc1. The van der Waals surface area contributed by atoms with Gasteiger partial charge in [0.2, 0.25) is 0 Å². The Morgan fingerprint density at radius 3 is 2.52 bits per heavy atom. The lowest BCUT2D eigenvalue weighted by Gasteiger charge is -2.26. The maximum Gasteiger partial charge on any atom is 0.338 e. The lowest BCUT2D eigenvalue weighted by atomic mass is 9.93. The molecule has 1 atom stereocenters. The molecule has 2 aliphatic rings. The summed E-state index contributed by atoms with van der Waals surface area (Å²) in [5.41, 5.74) is 4.47. The Morgan fingerprint density at radius 2 is 1.82 bits per heavy atom. The van der Waals surface area contributed by atoms with E-state index in [0.29, 0.717) is 27.3 Å². The molecule has 6 rings (SSSR count). The van der Waals surface area contributed by atoms with Gasteiger partial charge in [-0.05, 0) is 49.9 Å². The van der Waals surface area contributed by atoms with Crippen LogP contribution in [0.2, 0.25) is 0 Å². The van der Waals surface area contributed by atoms with Crippen molar-refractivity contribution in [3.63, 3.8) is 0 Å². The van der Waals surface area contributed by atoms with E-state index in [9.17, 15) is 14.4 Å². The summed E-state index contributed by atoms with van der Waals surface area (Å²) in [6.45, 7) is 3.86. The van der Waals surface area contributed by atoms with E-state index in [1.807, 2.05) is 86.0 Å². The van der Waals surface area contributed by atoms with Crippen molar-refractivity contribution in [1.29, 1.82) is 0 Å². The number of thiazole rings is 1. The van der Waals surface area contributed by atoms with E-state index in [1.165, 1.54) is 4.57 Å². The summed E-state index contributed by atoms with van der Waals surface area (Å²) in [7, 11) is 0. The van der Waals surface area contributed by atoms with Crippen LogP contribution in [0.25, 0.3) is 11.3 Å². The van der Waals surface area contributed by atoms with Gasteiger partial charge in [-0.2, -0.15) is 0 Å². The van der Waals surface area contributed by atoms with Crippen LogP contribution < -0.4 is 20.2 Å². The van der Waals surface area contributed by atoms with Gasteiger partial charge in [-0.3, -0.25) is 14.2 Å². The Morgan fingerprint density at radius 1 is 1.07 bits per heavy atom. The highest BCUT2D eigenvalue weighted by Gasteiger charge is 2.36. The van der Waals surface area contributed by atoms with Crippen molar-refractivity contribution in [2.24, 2.45) is 4.99 Å². The first-order chi connectivity index (χ1) is 19.4. The fourth-order valence-corrected chi connectivity index (χ4v) is 6.60. The number of nitrogens with zero attached hydrogens (tertiary/aromatic N) is 2. The van der Waals surface area contributed by atoms with Crippen molar-refractivity contribution in [1.82, 2.24) is 4.57 Å². The number of esters is 1. The molecule has 0 unspecified atom stereocenters. The number of carbonyl (C=O) groups excluding carboxylic acids is 2. The van der Waals surface area contributed by atoms with Crippen LogP contribution in [-0.4, -0.2) is 29.3 Å². The number of thioether (sulfide) groups is 1. The predicted octanol–water partition coefficient (Wildman–Crippen LogP) is 4.29. The first-order valence-electron chi connectivity index (χ1n) is 12.8. The molecular formula is C31H25N3O4S2. The van der Waals surface area contributed by atoms with Crippen molar-refractivity contribution in [2.75, 3.05) is 18.2 Å². The van der Waals surface area contributed by atoms with Gasteiger partial charge in [-0.1, -0.05) is 65.4 Å². The second-order valence-electron chi connectivity index (χ2n) is 9.40. The molecule has 0 bridgehead atoms. The number of nitrogens with one attached hydrogen (secondary N) is 1. The minimum Gasteiger partial charge on any atom is -0.463 e. The van der Waals surface area contributed by atoms with Crippen molar-refractivity contribution < 1.29 is 14.3 Å². The molecule has 200 valence electrons. The van der Waals surface area contributed by atoms with Crippen LogP contribution in [0.4, 0.5) is 5.69 Å². The minimum absolute atomic E-state index is 0.174. The summed E-state index contributed by atoms with van der Waals surface area (Å²) in [4.78, 5) is 47.4. The molecule has 0 saturated carbocycles. The number of ether oxygens (including phenoxy) is 1. The number of hydrogen-bond acceptors (Lipinski definition) is 7. The highest BCUT2D eigenvalue weighted by Crippen LogP contribution is 2.36. The van der Waals surface area contributed by atoms with E-state index in [-0.39, 0.29) is 28.2 Å². The number of hydrogen-bond donors (Lipinski definition) is 1. The Balaban J connectivity index is 1.71. The monoisotopic (exact) mass is 567 g/mol. The molecule has 0 aliphatic carbocycles. The number of anilines is 1. The molecule has 1 N–H and O–H groups in total. The summed E-state index contributed by atoms with van der Waals surface area (Å²) in [6.07, 6.45) is 1.99. The summed E-state index contributed by atoms with van der Waals surface area (Å²) < 4.78 is 7.34. The van der Waals surface area contributed by atoms with Crippen LogP contribution >= 0.6 is 23.1 Å². The number of aromatic nitrogens is 1. The topological polar surface area (TPSA) is 89.8 Å². The van der Waals surface area contributed by atoms with Gasteiger partial charge < -0.3 is 10.1 Å². The van der Waals surface area contributed by atoms with Gasteiger partial charge in [0.05, 0.1) is 29.5 Å². The average molecular weight is 568 g/mol. The molecule has 0 spiro atoms. The molecule has 1 aromatic heterocycles. The quantitative estimate of drug-likeness (QED) is 0.287.